The molecular weight excluding hydrogens is 174 g/mol. The third-order valence-corrected chi connectivity index (χ3v) is 3.60. The molecule has 1 heterocycles. The van der Waals surface area contributed by atoms with Crippen LogP contribution < -0.4 is 5.32 Å². The standard InChI is InChI=1S/C12H21NO/c1-7(2)10-12(5,6)9(4)8(3)11(14)13-10/h7,10H,1-6H3,(H,13,14). The molecule has 1 unspecified atom stereocenters. The molecule has 1 aliphatic heterocycles. The van der Waals surface area contributed by atoms with E-state index in [0.29, 0.717) is 5.92 Å². The maximum absolute atomic E-state index is 11.6. The first kappa shape index (κ1) is 11.3. The average molecular weight is 195 g/mol. The number of hydrogen-bond acceptors (Lipinski definition) is 1. The molecule has 0 saturated carbocycles. The molecule has 1 rings (SSSR count). The van der Waals surface area contributed by atoms with Crippen molar-refractivity contribution in [2.24, 2.45) is 11.3 Å². The Balaban J connectivity index is 3.15. The first-order chi connectivity index (χ1) is 6.28. The highest BCUT2D eigenvalue weighted by Crippen LogP contribution is 2.38. The first-order valence-corrected chi connectivity index (χ1v) is 5.27. The van der Waals surface area contributed by atoms with Gasteiger partial charge >= 0.3 is 0 Å². The molecule has 1 N–H and O–H groups in total. The van der Waals surface area contributed by atoms with Crippen LogP contribution in [0.4, 0.5) is 0 Å². The van der Waals surface area contributed by atoms with Crippen molar-refractivity contribution in [2.45, 2.75) is 47.6 Å². The molecule has 0 radical (unpaired) electrons. The van der Waals surface area contributed by atoms with Crippen molar-refractivity contribution in [3.8, 4) is 0 Å². The Labute approximate surface area is 86.8 Å². The summed E-state index contributed by atoms with van der Waals surface area (Å²) < 4.78 is 0. The fourth-order valence-electron chi connectivity index (χ4n) is 2.32. The Kier molecular flexibility index (Phi) is 2.75. The average Bonchev–Trinajstić information content (AvgIpc) is 2.08. The molecule has 0 aromatic carbocycles. The van der Waals surface area contributed by atoms with E-state index < -0.39 is 0 Å². The van der Waals surface area contributed by atoms with Crippen LogP contribution >= 0.6 is 0 Å². The van der Waals surface area contributed by atoms with Crippen LogP contribution in [0.5, 0.6) is 0 Å². The Morgan fingerprint density at radius 3 is 2.21 bits per heavy atom. The van der Waals surface area contributed by atoms with Gasteiger partial charge in [-0.2, -0.15) is 0 Å². The van der Waals surface area contributed by atoms with Crippen LogP contribution in [-0.4, -0.2) is 11.9 Å². The molecule has 0 bridgehead atoms. The molecular formula is C12H21NO. The molecule has 0 aliphatic carbocycles. The second kappa shape index (κ2) is 3.41. The van der Waals surface area contributed by atoms with Crippen LogP contribution in [0.25, 0.3) is 0 Å². The van der Waals surface area contributed by atoms with E-state index in [1.165, 1.54) is 5.57 Å². The summed E-state index contributed by atoms with van der Waals surface area (Å²) >= 11 is 0. The van der Waals surface area contributed by atoms with Gasteiger partial charge in [-0.15, -0.1) is 0 Å². The quantitative estimate of drug-likeness (QED) is 0.684. The molecule has 0 spiro atoms. The second-order valence-corrected chi connectivity index (χ2v) is 5.17. The zero-order chi connectivity index (χ0) is 11.1. The molecule has 1 atom stereocenters. The summed E-state index contributed by atoms with van der Waals surface area (Å²) in [5.41, 5.74) is 2.18. The van der Waals surface area contributed by atoms with Crippen LogP contribution in [0.3, 0.4) is 0 Å². The summed E-state index contributed by atoms with van der Waals surface area (Å²) in [6.07, 6.45) is 0. The fraction of sp³-hybridized carbons (Fsp3) is 0.750. The largest absolute Gasteiger partial charge is 0.348 e. The number of nitrogens with one attached hydrogen (secondary N) is 1. The molecule has 1 amide bonds. The molecule has 80 valence electrons. The molecule has 2 heteroatoms. The zero-order valence-electron chi connectivity index (χ0n) is 10.1. The van der Waals surface area contributed by atoms with E-state index in [2.05, 4.69) is 39.9 Å². The van der Waals surface area contributed by atoms with E-state index in [1.54, 1.807) is 0 Å². The molecule has 2 nitrogen and oxygen atoms in total. The van der Waals surface area contributed by atoms with E-state index in [4.69, 9.17) is 0 Å². The van der Waals surface area contributed by atoms with Crippen LogP contribution in [0.1, 0.15) is 41.5 Å². The number of rotatable bonds is 1. The van der Waals surface area contributed by atoms with Crippen LogP contribution in [0, 0.1) is 11.3 Å². The predicted molar refractivity (Wildman–Crippen MR) is 58.9 cm³/mol. The van der Waals surface area contributed by atoms with E-state index in [-0.39, 0.29) is 17.4 Å². The van der Waals surface area contributed by atoms with Crippen LogP contribution in [0.2, 0.25) is 0 Å². The van der Waals surface area contributed by atoms with Crippen molar-refractivity contribution in [3.05, 3.63) is 11.1 Å². The lowest BCUT2D eigenvalue weighted by Crippen LogP contribution is -2.53. The first-order valence-electron chi connectivity index (χ1n) is 5.27. The number of amides is 1. The van der Waals surface area contributed by atoms with Gasteiger partial charge < -0.3 is 5.32 Å². The summed E-state index contributed by atoms with van der Waals surface area (Å²) in [6.45, 7) is 12.7. The van der Waals surface area contributed by atoms with E-state index in [9.17, 15) is 4.79 Å². The summed E-state index contributed by atoms with van der Waals surface area (Å²) in [6, 6.07) is 0.249. The highest BCUT2D eigenvalue weighted by Gasteiger charge is 2.39. The Morgan fingerprint density at radius 2 is 1.79 bits per heavy atom. The molecule has 0 aromatic heterocycles. The lowest BCUT2D eigenvalue weighted by Gasteiger charge is -2.43. The van der Waals surface area contributed by atoms with Gasteiger partial charge in [0.1, 0.15) is 0 Å². The lowest BCUT2D eigenvalue weighted by atomic mass is 9.70. The number of carbonyl (C=O) groups is 1. The minimum atomic E-state index is 0.0756. The molecule has 1 aliphatic rings. The fourth-order valence-corrected chi connectivity index (χ4v) is 2.32. The van der Waals surface area contributed by atoms with Crippen molar-refractivity contribution in [1.82, 2.24) is 5.32 Å². The van der Waals surface area contributed by atoms with Crippen molar-refractivity contribution >= 4 is 5.91 Å². The van der Waals surface area contributed by atoms with E-state index >= 15 is 0 Å². The third kappa shape index (κ3) is 1.58. The topological polar surface area (TPSA) is 29.1 Å². The summed E-state index contributed by atoms with van der Waals surface area (Å²) in [4.78, 5) is 11.6. The minimum absolute atomic E-state index is 0.0756. The Bertz CT molecular complexity index is 287. The van der Waals surface area contributed by atoms with Crippen molar-refractivity contribution in [3.63, 3.8) is 0 Å². The smallest absolute Gasteiger partial charge is 0.247 e. The molecule has 0 saturated heterocycles. The summed E-state index contributed by atoms with van der Waals surface area (Å²) in [5, 5.41) is 3.09. The number of hydrogen-bond donors (Lipinski definition) is 1. The van der Waals surface area contributed by atoms with Gasteiger partial charge in [0, 0.05) is 17.0 Å². The van der Waals surface area contributed by atoms with Gasteiger partial charge in [0.2, 0.25) is 5.91 Å². The minimum Gasteiger partial charge on any atom is -0.348 e. The zero-order valence-corrected chi connectivity index (χ0v) is 10.1. The lowest BCUT2D eigenvalue weighted by molar-refractivity contribution is -0.120. The normalized spacial score (nSPS) is 26.8. The van der Waals surface area contributed by atoms with Crippen LogP contribution in [-0.2, 0) is 4.79 Å². The van der Waals surface area contributed by atoms with E-state index in [1.807, 2.05) is 6.92 Å². The Morgan fingerprint density at radius 1 is 1.29 bits per heavy atom. The van der Waals surface area contributed by atoms with Crippen molar-refractivity contribution in [2.75, 3.05) is 0 Å². The van der Waals surface area contributed by atoms with Crippen molar-refractivity contribution < 1.29 is 4.79 Å². The highest BCUT2D eigenvalue weighted by molar-refractivity contribution is 5.95. The van der Waals surface area contributed by atoms with Gasteiger partial charge in [-0.3, -0.25) is 4.79 Å². The maximum Gasteiger partial charge on any atom is 0.247 e. The van der Waals surface area contributed by atoms with E-state index in [0.717, 1.165) is 5.57 Å². The van der Waals surface area contributed by atoms with Crippen molar-refractivity contribution in [1.29, 1.82) is 0 Å². The summed E-state index contributed by atoms with van der Waals surface area (Å²) in [7, 11) is 0. The molecule has 0 fully saturated rings. The van der Waals surface area contributed by atoms with Gasteiger partial charge in [-0.1, -0.05) is 33.3 Å². The predicted octanol–water partition coefficient (Wildman–Crippen LogP) is 2.50. The van der Waals surface area contributed by atoms with Crippen LogP contribution in [0.15, 0.2) is 11.1 Å². The van der Waals surface area contributed by atoms with Gasteiger partial charge in [-0.25, -0.2) is 0 Å². The van der Waals surface area contributed by atoms with Gasteiger partial charge in [0.15, 0.2) is 0 Å². The maximum atomic E-state index is 11.6. The Hall–Kier alpha value is -0.790. The third-order valence-electron chi connectivity index (χ3n) is 3.60. The molecule has 14 heavy (non-hydrogen) atoms. The second-order valence-electron chi connectivity index (χ2n) is 5.17. The number of carbonyl (C=O) groups excluding carboxylic acids is 1. The SMILES string of the molecule is CC1=C(C)C(C)(C)C(C(C)C)NC1=O. The van der Waals surface area contributed by atoms with Gasteiger partial charge in [0.25, 0.3) is 0 Å². The van der Waals surface area contributed by atoms with Gasteiger partial charge in [0.05, 0.1) is 0 Å². The molecule has 0 aromatic rings. The summed E-state index contributed by atoms with van der Waals surface area (Å²) in [5.74, 6) is 0.567. The monoisotopic (exact) mass is 195 g/mol. The van der Waals surface area contributed by atoms with Gasteiger partial charge in [-0.05, 0) is 19.8 Å². The highest BCUT2D eigenvalue weighted by atomic mass is 16.1.